The predicted molar refractivity (Wildman–Crippen MR) is 223 cm³/mol. The normalized spacial score (nSPS) is 13.4. The SMILES string of the molecule is Cn1cc2c(c1C#N)CC(=O)N(c1ccc(F)cc1)c1ccc(CS(C)(=O)=O)cc1-2.Cn1cc2c(c1C#N)CCN(c1ccc(F)cc1)c1ccc(CS(C)(=O)=O)cc1-2. The number of rotatable bonds is 6. The van der Waals surface area contributed by atoms with E-state index in [0.29, 0.717) is 63.5 Å². The fourth-order valence-electron chi connectivity index (χ4n) is 7.83. The summed E-state index contributed by atoms with van der Waals surface area (Å²) in [7, 11) is -2.87. The lowest BCUT2D eigenvalue weighted by Crippen LogP contribution is -2.27. The number of hydrogen-bond acceptors (Lipinski definition) is 8. The Balaban J connectivity index is 0.000000179. The fourth-order valence-corrected chi connectivity index (χ4v) is 9.40. The van der Waals surface area contributed by atoms with Gasteiger partial charge in [-0.25, -0.2) is 25.6 Å². The monoisotopic (exact) mass is 832 g/mol. The van der Waals surface area contributed by atoms with Gasteiger partial charge < -0.3 is 14.0 Å². The third-order valence-electron chi connectivity index (χ3n) is 10.3. The van der Waals surface area contributed by atoms with Crippen LogP contribution in [0.3, 0.4) is 0 Å². The molecule has 0 aliphatic carbocycles. The summed E-state index contributed by atoms with van der Waals surface area (Å²) < 4.78 is 77.6. The molecule has 0 spiro atoms. The molecule has 4 heterocycles. The summed E-state index contributed by atoms with van der Waals surface area (Å²) in [6.45, 7) is 0.621. The summed E-state index contributed by atoms with van der Waals surface area (Å²) in [6.07, 6.45) is 6.71. The first-order chi connectivity index (χ1) is 27.9. The van der Waals surface area contributed by atoms with Gasteiger partial charge in [-0.1, -0.05) is 12.1 Å². The Morgan fingerprint density at radius 1 is 0.627 bits per heavy atom. The maximum absolute atomic E-state index is 13.4. The van der Waals surface area contributed by atoms with Crippen molar-refractivity contribution in [1.82, 2.24) is 9.13 Å². The molecule has 8 rings (SSSR count). The van der Waals surface area contributed by atoms with Crippen molar-refractivity contribution < 1.29 is 30.4 Å². The van der Waals surface area contributed by atoms with Crippen LogP contribution in [-0.2, 0) is 62.9 Å². The third kappa shape index (κ3) is 8.39. The molecule has 6 aromatic rings. The molecule has 0 saturated carbocycles. The van der Waals surface area contributed by atoms with Gasteiger partial charge >= 0.3 is 0 Å². The highest BCUT2D eigenvalue weighted by Gasteiger charge is 2.31. The second kappa shape index (κ2) is 15.7. The predicted octanol–water partition coefficient (Wildman–Crippen LogP) is 7.41. The minimum absolute atomic E-state index is 0.00741. The van der Waals surface area contributed by atoms with Crippen LogP contribution in [-0.4, -0.2) is 50.9 Å². The highest BCUT2D eigenvalue weighted by atomic mass is 32.2. The molecule has 59 heavy (non-hydrogen) atoms. The van der Waals surface area contributed by atoms with E-state index in [1.54, 1.807) is 48.1 Å². The van der Waals surface area contributed by atoms with Crippen molar-refractivity contribution in [2.75, 3.05) is 28.9 Å². The van der Waals surface area contributed by atoms with Gasteiger partial charge in [0, 0.05) is 90.4 Å². The van der Waals surface area contributed by atoms with Crippen LogP contribution in [0.2, 0.25) is 0 Å². The van der Waals surface area contributed by atoms with Crippen LogP contribution in [0.4, 0.5) is 31.5 Å². The van der Waals surface area contributed by atoms with Crippen LogP contribution in [0, 0.1) is 34.3 Å². The topological polar surface area (TPSA) is 149 Å². The maximum Gasteiger partial charge on any atom is 0.236 e. The average molecular weight is 833 g/mol. The van der Waals surface area contributed by atoms with Gasteiger partial charge in [0.25, 0.3) is 0 Å². The van der Waals surface area contributed by atoms with Crippen LogP contribution in [0.15, 0.2) is 97.3 Å². The molecule has 0 radical (unpaired) electrons. The standard InChI is InChI=1S/C22H18FN3O3S.C22H20FN3O2S/c1-25-12-19-17-9-14(13-30(2,28)29)3-8-20(17)26(16-6-4-15(23)5-7-16)22(27)10-18(19)21(25)11-24;1-25-13-20-18(22(25)12-24)9-10-26(17-6-4-16(23)5-7-17)21-8-3-15(11-19(20)21)14-29(2,27)28/h3-9,12H,10,13H2,1-2H3;3-8,11,13H,9-10,14H2,1-2H3. The second-order valence-electron chi connectivity index (χ2n) is 14.8. The highest BCUT2D eigenvalue weighted by Crippen LogP contribution is 2.44. The van der Waals surface area contributed by atoms with Crippen molar-refractivity contribution in [2.45, 2.75) is 24.3 Å². The lowest BCUT2D eigenvalue weighted by atomic mass is 9.99. The van der Waals surface area contributed by atoms with E-state index in [9.17, 15) is 40.9 Å². The summed E-state index contributed by atoms with van der Waals surface area (Å²) >= 11 is 0. The first-order valence-electron chi connectivity index (χ1n) is 18.3. The van der Waals surface area contributed by atoms with Crippen LogP contribution >= 0.6 is 0 Å². The second-order valence-corrected chi connectivity index (χ2v) is 19.1. The molecule has 0 saturated heterocycles. The lowest BCUT2D eigenvalue weighted by Gasteiger charge is -2.25. The van der Waals surface area contributed by atoms with Crippen LogP contribution in [0.25, 0.3) is 22.3 Å². The van der Waals surface area contributed by atoms with Gasteiger partial charge in [-0.15, -0.1) is 0 Å². The summed E-state index contributed by atoms with van der Waals surface area (Å²) in [5.74, 6) is -1.18. The van der Waals surface area contributed by atoms with Gasteiger partial charge in [0.1, 0.15) is 35.2 Å². The number of nitriles is 2. The number of amides is 1. The minimum atomic E-state index is -3.26. The average Bonchev–Trinajstić information content (AvgIpc) is 3.56. The molecule has 2 aliphatic rings. The third-order valence-corrected chi connectivity index (χ3v) is 12.0. The molecule has 0 atom stereocenters. The number of carbonyl (C=O) groups is 1. The van der Waals surface area contributed by atoms with Crippen molar-refractivity contribution >= 4 is 48.3 Å². The van der Waals surface area contributed by atoms with Crippen molar-refractivity contribution in [3.63, 3.8) is 0 Å². The van der Waals surface area contributed by atoms with E-state index in [1.165, 1.54) is 47.6 Å². The molecule has 0 fully saturated rings. The zero-order valence-corrected chi connectivity index (χ0v) is 34.2. The number of benzene rings is 4. The summed E-state index contributed by atoms with van der Waals surface area (Å²) in [6, 6.07) is 27.0. The number of anilines is 4. The van der Waals surface area contributed by atoms with E-state index in [4.69, 9.17) is 0 Å². The van der Waals surface area contributed by atoms with Crippen LogP contribution < -0.4 is 9.80 Å². The summed E-state index contributed by atoms with van der Waals surface area (Å²) in [5.41, 5.74) is 9.74. The minimum Gasteiger partial charge on any atom is -0.342 e. The highest BCUT2D eigenvalue weighted by molar-refractivity contribution is 7.90. The van der Waals surface area contributed by atoms with Crippen molar-refractivity contribution in [3.05, 3.63) is 143 Å². The number of nitrogens with zero attached hydrogens (tertiary/aromatic N) is 6. The molecule has 1 amide bonds. The Morgan fingerprint density at radius 2 is 1.08 bits per heavy atom. The Morgan fingerprint density at radius 3 is 1.59 bits per heavy atom. The van der Waals surface area contributed by atoms with E-state index >= 15 is 0 Å². The van der Waals surface area contributed by atoms with Gasteiger partial charge in [0.05, 0.1) is 23.6 Å². The zero-order chi connectivity index (χ0) is 42.4. The molecular weight excluding hydrogens is 795 g/mol. The van der Waals surface area contributed by atoms with Gasteiger partial charge in [-0.2, -0.15) is 10.5 Å². The van der Waals surface area contributed by atoms with Crippen molar-refractivity contribution in [1.29, 1.82) is 10.5 Å². The van der Waals surface area contributed by atoms with Crippen molar-refractivity contribution in [2.24, 2.45) is 14.1 Å². The van der Waals surface area contributed by atoms with Crippen molar-refractivity contribution in [3.8, 4) is 34.4 Å². The van der Waals surface area contributed by atoms with E-state index in [-0.39, 0.29) is 29.7 Å². The molecule has 15 heteroatoms. The number of halogens is 2. The molecule has 2 aromatic heterocycles. The molecule has 11 nitrogen and oxygen atoms in total. The quantitative estimate of drug-likeness (QED) is 0.169. The zero-order valence-electron chi connectivity index (χ0n) is 32.6. The Kier molecular flexibility index (Phi) is 10.8. The first kappa shape index (κ1) is 40.6. The van der Waals surface area contributed by atoms with E-state index in [2.05, 4.69) is 17.0 Å². The number of fused-ring (bicyclic) bond motifs is 6. The van der Waals surface area contributed by atoms with E-state index < -0.39 is 25.5 Å². The molecule has 0 N–H and O–H groups in total. The Labute approximate surface area is 341 Å². The molecular formula is C44H38F2N6O5S2. The van der Waals surface area contributed by atoms with Gasteiger partial charge in [0.2, 0.25) is 5.91 Å². The van der Waals surface area contributed by atoms with Gasteiger partial charge in [-0.05, 0) is 95.9 Å². The van der Waals surface area contributed by atoms with Crippen LogP contribution in [0.1, 0.15) is 33.6 Å². The van der Waals surface area contributed by atoms with Gasteiger partial charge in [-0.3, -0.25) is 9.69 Å². The summed E-state index contributed by atoms with van der Waals surface area (Å²) in [5, 5.41) is 19.2. The molecule has 2 aliphatic heterocycles. The molecule has 4 aromatic carbocycles. The fraction of sp³-hybridized carbons (Fsp3) is 0.205. The van der Waals surface area contributed by atoms with E-state index in [1.807, 2.05) is 36.0 Å². The smallest absolute Gasteiger partial charge is 0.236 e. The number of aromatic nitrogens is 2. The first-order valence-corrected chi connectivity index (χ1v) is 22.5. The largest absolute Gasteiger partial charge is 0.342 e. The lowest BCUT2D eigenvalue weighted by molar-refractivity contribution is -0.117. The molecule has 300 valence electrons. The Hall–Kier alpha value is -6.55. The number of carbonyl (C=O) groups excluding carboxylic acids is 1. The molecule has 0 unspecified atom stereocenters. The maximum atomic E-state index is 13.4. The number of sulfone groups is 2. The number of hydrogen-bond donors (Lipinski definition) is 0. The van der Waals surface area contributed by atoms with Crippen LogP contribution in [0.5, 0.6) is 0 Å². The van der Waals surface area contributed by atoms with Gasteiger partial charge in [0.15, 0.2) is 19.7 Å². The summed E-state index contributed by atoms with van der Waals surface area (Å²) in [4.78, 5) is 16.8. The number of aryl methyl sites for hydroxylation is 2. The molecule has 0 bridgehead atoms. The Bertz CT molecular complexity index is 2960. The van der Waals surface area contributed by atoms with E-state index in [0.717, 1.165) is 34.3 Å².